The minimum atomic E-state index is -0.448. The fourth-order valence-electron chi connectivity index (χ4n) is 1.44. The third-order valence-electron chi connectivity index (χ3n) is 2.26. The van der Waals surface area contributed by atoms with E-state index in [2.05, 4.69) is 5.32 Å². The number of hydrogen-bond acceptors (Lipinski definition) is 3. The molecule has 0 atom stereocenters. The van der Waals surface area contributed by atoms with Gasteiger partial charge < -0.3 is 15.8 Å². The molecule has 1 amide bonds. The normalized spacial score (nSPS) is 25.3. The zero-order chi connectivity index (χ0) is 11.6. The van der Waals surface area contributed by atoms with Gasteiger partial charge in [-0.25, -0.2) is 4.79 Å². The number of nitrogens with one attached hydrogen (secondary N) is 1. The van der Waals surface area contributed by atoms with Crippen molar-refractivity contribution in [3.05, 3.63) is 0 Å². The number of thiocarbonyl (C=S) groups is 1. The Kier molecular flexibility index (Phi) is 3.54. The van der Waals surface area contributed by atoms with Crippen molar-refractivity contribution in [2.75, 3.05) is 0 Å². The van der Waals surface area contributed by atoms with Crippen LogP contribution in [0.25, 0.3) is 0 Å². The summed E-state index contributed by atoms with van der Waals surface area (Å²) >= 11 is 4.86. The van der Waals surface area contributed by atoms with Gasteiger partial charge in [0.2, 0.25) is 0 Å². The van der Waals surface area contributed by atoms with Gasteiger partial charge in [0.05, 0.1) is 4.99 Å². The topological polar surface area (TPSA) is 64.3 Å². The SMILES string of the molecule is CC(C)(C)OC(=O)N[C@H]1C[C@H](C(N)=S)C1. The Balaban J connectivity index is 2.22. The maximum absolute atomic E-state index is 11.3. The number of amides is 1. The minimum Gasteiger partial charge on any atom is -0.444 e. The molecule has 86 valence electrons. The molecule has 0 radical (unpaired) electrons. The predicted molar refractivity (Wildman–Crippen MR) is 62.7 cm³/mol. The summed E-state index contributed by atoms with van der Waals surface area (Å²) in [6, 6.07) is 0.159. The van der Waals surface area contributed by atoms with Gasteiger partial charge in [-0.1, -0.05) is 12.2 Å². The van der Waals surface area contributed by atoms with Crippen LogP contribution in [0.4, 0.5) is 4.79 Å². The summed E-state index contributed by atoms with van der Waals surface area (Å²) in [4.78, 5) is 11.9. The molecule has 0 unspecified atom stereocenters. The van der Waals surface area contributed by atoms with E-state index >= 15 is 0 Å². The molecule has 1 aliphatic rings. The van der Waals surface area contributed by atoms with Crippen LogP contribution in [0.2, 0.25) is 0 Å². The fourth-order valence-corrected chi connectivity index (χ4v) is 1.63. The second-order valence-corrected chi connectivity index (χ2v) is 5.39. The molecule has 0 saturated heterocycles. The maximum Gasteiger partial charge on any atom is 0.407 e. The number of ether oxygens (including phenoxy) is 1. The molecule has 1 saturated carbocycles. The summed E-state index contributed by atoms with van der Waals surface area (Å²) in [5, 5.41) is 2.78. The zero-order valence-electron chi connectivity index (χ0n) is 9.37. The van der Waals surface area contributed by atoms with E-state index in [0.717, 1.165) is 12.8 Å². The van der Waals surface area contributed by atoms with Crippen molar-refractivity contribution in [2.24, 2.45) is 11.7 Å². The molecule has 0 bridgehead atoms. The van der Waals surface area contributed by atoms with Crippen LogP contribution in [-0.4, -0.2) is 22.7 Å². The molecule has 0 aromatic rings. The number of nitrogens with two attached hydrogens (primary N) is 1. The summed E-state index contributed by atoms with van der Waals surface area (Å²) in [5.41, 5.74) is 5.03. The Labute approximate surface area is 95.5 Å². The fraction of sp³-hybridized carbons (Fsp3) is 0.800. The van der Waals surface area contributed by atoms with E-state index in [-0.39, 0.29) is 18.1 Å². The largest absolute Gasteiger partial charge is 0.444 e. The van der Waals surface area contributed by atoms with Gasteiger partial charge in [-0.2, -0.15) is 0 Å². The van der Waals surface area contributed by atoms with Crippen LogP contribution < -0.4 is 11.1 Å². The quantitative estimate of drug-likeness (QED) is 0.707. The molecular weight excluding hydrogens is 212 g/mol. The molecule has 0 heterocycles. The first-order chi connectivity index (χ1) is 6.78. The Morgan fingerprint density at radius 2 is 2.00 bits per heavy atom. The predicted octanol–water partition coefficient (Wildman–Crippen LogP) is 1.58. The minimum absolute atomic E-state index is 0.159. The number of alkyl carbamates (subject to hydrolysis) is 1. The number of rotatable bonds is 2. The molecule has 4 nitrogen and oxygen atoms in total. The van der Waals surface area contributed by atoms with Crippen molar-refractivity contribution in [3.8, 4) is 0 Å². The zero-order valence-corrected chi connectivity index (χ0v) is 10.2. The molecule has 1 aliphatic carbocycles. The van der Waals surface area contributed by atoms with Gasteiger partial charge >= 0.3 is 6.09 Å². The lowest BCUT2D eigenvalue weighted by Gasteiger charge is -2.35. The Morgan fingerprint density at radius 1 is 1.47 bits per heavy atom. The van der Waals surface area contributed by atoms with Gasteiger partial charge in [0, 0.05) is 12.0 Å². The van der Waals surface area contributed by atoms with Gasteiger partial charge in [-0.3, -0.25) is 0 Å². The van der Waals surface area contributed by atoms with Crippen molar-refractivity contribution < 1.29 is 9.53 Å². The second-order valence-electron chi connectivity index (χ2n) is 4.91. The Hall–Kier alpha value is -0.840. The van der Waals surface area contributed by atoms with Gasteiger partial charge in [-0.05, 0) is 33.6 Å². The van der Waals surface area contributed by atoms with Crippen LogP contribution in [0.5, 0.6) is 0 Å². The summed E-state index contributed by atoms with van der Waals surface area (Å²) < 4.78 is 5.13. The van der Waals surface area contributed by atoms with E-state index in [1.54, 1.807) is 0 Å². The first-order valence-corrected chi connectivity index (χ1v) is 5.47. The summed E-state index contributed by atoms with van der Waals surface area (Å²) in [6.07, 6.45) is 1.29. The lowest BCUT2D eigenvalue weighted by molar-refractivity contribution is 0.0469. The van der Waals surface area contributed by atoms with E-state index in [4.69, 9.17) is 22.7 Å². The third-order valence-corrected chi connectivity index (χ3v) is 2.59. The van der Waals surface area contributed by atoms with Gasteiger partial charge in [0.15, 0.2) is 0 Å². The summed E-state index contributed by atoms with van der Waals surface area (Å²) in [5.74, 6) is 0.278. The average molecular weight is 230 g/mol. The lowest BCUT2D eigenvalue weighted by Crippen LogP contribution is -2.49. The number of carbonyl (C=O) groups excluding carboxylic acids is 1. The summed E-state index contributed by atoms with van der Waals surface area (Å²) in [6.45, 7) is 5.52. The molecular formula is C10H18N2O2S. The molecule has 0 aliphatic heterocycles. The van der Waals surface area contributed by atoms with Crippen LogP contribution in [0.3, 0.4) is 0 Å². The first-order valence-electron chi connectivity index (χ1n) is 5.07. The molecule has 0 aromatic carbocycles. The van der Waals surface area contributed by atoms with Crippen LogP contribution >= 0.6 is 12.2 Å². The first kappa shape index (κ1) is 12.2. The summed E-state index contributed by atoms with van der Waals surface area (Å²) in [7, 11) is 0. The van der Waals surface area contributed by atoms with E-state index < -0.39 is 5.60 Å². The van der Waals surface area contributed by atoms with Gasteiger partial charge in [-0.15, -0.1) is 0 Å². The third kappa shape index (κ3) is 4.03. The van der Waals surface area contributed by atoms with Crippen LogP contribution in [-0.2, 0) is 4.74 Å². The van der Waals surface area contributed by atoms with E-state index in [1.807, 2.05) is 20.8 Å². The van der Waals surface area contributed by atoms with Crippen LogP contribution in [0.15, 0.2) is 0 Å². The highest BCUT2D eigenvalue weighted by atomic mass is 32.1. The highest BCUT2D eigenvalue weighted by molar-refractivity contribution is 7.80. The molecule has 0 spiro atoms. The molecule has 5 heteroatoms. The number of carbonyl (C=O) groups is 1. The highest BCUT2D eigenvalue weighted by Gasteiger charge is 2.33. The molecule has 1 rings (SSSR count). The molecule has 0 aromatic heterocycles. The lowest BCUT2D eigenvalue weighted by atomic mass is 9.80. The van der Waals surface area contributed by atoms with E-state index in [1.165, 1.54) is 0 Å². The number of hydrogen-bond donors (Lipinski definition) is 2. The Bertz CT molecular complexity index is 267. The molecule has 3 N–H and O–H groups in total. The van der Waals surface area contributed by atoms with Crippen molar-refractivity contribution in [3.63, 3.8) is 0 Å². The average Bonchev–Trinajstić information content (AvgIpc) is 1.91. The van der Waals surface area contributed by atoms with Crippen molar-refractivity contribution in [1.29, 1.82) is 0 Å². The maximum atomic E-state index is 11.3. The molecule has 1 fully saturated rings. The monoisotopic (exact) mass is 230 g/mol. The van der Waals surface area contributed by atoms with Crippen molar-refractivity contribution in [2.45, 2.75) is 45.3 Å². The van der Waals surface area contributed by atoms with Gasteiger partial charge in [0.25, 0.3) is 0 Å². The van der Waals surface area contributed by atoms with Crippen molar-refractivity contribution in [1.82, 2.24) is 5.32 Å². The van der Waals surface area contributed by atoms with Gasteiger partial charge in [0.1, 0.15) is 5.60 Å². The van der Waals surface area contributed by atoms with Crippen LogP contribution in [0.1, 0.15) is 33.6 Å². The molecule has 15 heavy (non-hydrogen) atoms. The second kappa shape index (κ2) is 4.35. The Morgan fingerprint density at radius 3 is 2.40 bits per heavy atom. The highest BCUT2D eigenvalue weighted by Crippen LogP contribution is 2.27. The standard InChI is InChI=1S/C10H18N2O2S/c1-10(2,3)14-9(13)12-7-4-6(5-7)8(11)15/h6-7H,4-5H2,1-3H3,(H2,11,15)(H,12,13)/t6-,7-. The van der Waals surface area contributed by atoms with Crippen LogP contribution in [0, 0.1) is 5.92 Å². The smallest absolute Gasteiger partial charge is 0.407 e. The van der Waals surface area contributed by atoms with E-state index in [0.29, 0.717) is 4.99 Å². The van der Waals surface area contributed by atoms with E-state index in [9.17, 15) is 4.79 Å². The van der Waals surface area contributed by atoms with Crippen molar-refractivity contribution >= 4 is 23.3 Å².